The number of hydrogen-bond acceptors (Lipinski definition) is 7. The van der Waals surface area contributed by atoms with Gasteiger partial charge >= 0.3 is 57.1 Å². The molecule has 2 aliphatic heterocycles. The molecule has 71 heavy (non-hydrogen) atoms. The van der Waals surface area contributed by atoms with Crippen molar-refractivity contribution in [1.29, 1.82) is 0 Å². The zero-order valence-corrected chi connectivity index (χ0v) is 47.4. The van der Waals surface area contributed by atoms with Gasteiger partial charge < -0.3 is 18.4 Å². The number of H-pyrrole nitrogens is 1. The summed E-state index contributed by atoms with van der Waals surface area (Å²) in [6, 6.07) is 21.5. The van der Waals surface area contributed by atoms with Crippen molar-refractivity contribution in [2.75, 3.05) is 19.6 Å². The van der Waals surface area contributed by atoms with E-state index in [0.717, 1.165) is 78.1 Å². The number of piperidine rings is 2. The quantitative estimate of drug-likeness (QED) is 0.0453. The van der Waals surface area contributed by atoms with Gasteiger partial charge in [0.1, 0.15) is 6.04 Å². The number of aromatic amines is 1. The van der Waals surface area contributed by atoms with Gasteiger partial charge in [0.15, 0.2) is 5.78 Å². The van der Waals surface area contributed by atoms with Crippen LogP contribution < -0.4 is 62.4 Å². The number of benzene rings is 3. The number of fused-ring (bicyclic) bond motifs is 2. The number of carbonyl (C=O) groups excluding carboxylic acids is 3. The zero-order chi connectivity index (χ0) is 50.9. The second-order valence-corrected chi connectivity index (χ2v) is 18.7. The maximum atomic E-state index is 12.6. The molecule has 0 saturated carbocycles. The summed E-state index contributed by atoms with van der Waals surface area (Å²) in [6.07, 6.45) is 16.6. The molecule has 2 amide bonds. The van der Waals surface area contributed by atoms with E-state index >= 15 is 0 Å². The third-order valence-corrected chi connectivity index (χ3v) is 13.6. The number of aromatic nitrogens is 5. The van der Waals surface area contributed by atoms with Crippen LogP contribution in [0.25, 0.3) is 39.1 Å². The molecule has 3 aromatic carbocycles. The minimum absolute atomic E-state index is 0. The fraction of sp³-hybridized carbons (Fsp3) is 0.441. The molecule has 0 radical (unpaired) electrons. The SMILES string of the molecule is CC.CC(=O)c1ccc(C2CCN(C/C(C)=C/c3c(-c4ccc5[nH]ncc5c4)ccnc3C)CC2)cc1.[CH2-]CC([CH2-])CC(CCC)CCC.[CH2-]c1cccc2c1n(CC)c(=O)n2C1CCC(=O)NC1=O.[K+]. The van der Waals surface area contributed by atoms with E-state index < -0.39 is 11.9 Å². The monoisotopic (exact) mass is 988 g/mol. The van der Waals surface area contributed by atoms with Gasteiger partial charge in [-0.25, -0.2) is 11.2 Å². The Morgan fingerprint density at radius 3 is 2.24 bits per heavy atom. The first-order valence-electron chi connectivity index (χ1n) is 25.7. The zero-order valence-electron chi connectivity index (χ0n) is 44.3. The van der Waals surface area contributed by atoms with Gasteiger partial charge in [-0.1, -0.05) is 108 Å². The summed E-state index contributed by atoms with van der Waals surface area (Å²) in [5, 5.41) is 10.6. The van der Waals surface area contributed by atoms with Gasteiger partial charge in [0, 0.05) is 53.4 Å². The minimum Gasteiger partial charge on any atom is -0.346 e. The number of amides is 2. The number of likely N-dealkylation sites (tertiary alicyclic amines) is 1. The van der Waals surface area contributed by atoms with Gasteiger partial charge in [-0.3, -0.25) is 39.3 Å². The molecule has 376 valence electrons. The van der Waals surface area contributed by atoms with Crippen LogP contribution in [0.5, 0.6) is 0 Å². The summed E-state index contributed by atoms with van der Waals surface area (Å²) in [6.45, 7) is 31.9. The van der Waals surface area contributed by atoms with Gasteiger partial charge in [0.25, 0.3) is 0 Å². The van der Waals surface area contributed by atoms with Crippen LogP contribution in [0.15, 0.2) is 89.5 Å². The molecule has 2 atom stereocenters. The molecule has 2 unspecified atom stereocenters. The molecule has 11 nitrogen and oxygen atoms in total. The molecule has 2 saturated heterocycles. The number of pyridine rings is 1. The number of nitrogens with one attached hydrogen (secondary N) is 2. The molecule has 8 rings (SSSR count). The Hall–Kier alpha value is -4.43. The summed E-state index contributed by atoms with van der Waals surface area (Å²) in [5.74, 6) is 1.47. The smallest absolute Gasteiger partial charge is 0.346 e. The first-order valence-corrected chi connectivity index (χ1v) is 25.7. The van der Waals surface area contributed by atoms with Gasteiger partial charge in [-0.2, -0.15) is 29.6 Å². The third kappa shape index (κ3) is 15.8. The maximum Gasteiger partial charge on any atom is 1.00 e. The average molecular weight is 988 g/mol. The van der Waals surface area contributed by atoms with Gasteiger partial charge in [-0.15, -0.1) is 6.07 Å². The number of imidazole rings is 1. The number of aryl methyl sites for hydroxylation is 2. The second kappa shape index (κ2) is 29.3. The molecule has 2 fully saturated rings. The topological polar surface area (TPSA) is 135 Å². The van der Waals surface area contributed by atoms with Gasteiger partial charge in [0.2, 0.25) is 11.8 Å². The second-order valence-electron chi connectivity index (χ2n) is 18.7. The number of hydrogen-bond donors (Lipinski definition) is 2. The fourth-order valence-corrected chi connectivity index (χ4v) is 9.90. The Morgan fingerprint density at radius 2 is 1.62 bits per heavy atom. The molecule has 6 aromatic rings. The van der Waals surface area contributed by atoms with E-state index in [-0.39, 0.29) is 75.2 Å². The Bertz CT molecular complexity index is 2740. The number of nitrogens with zero attached hydrogens (tertiary/aromatic N) is 5. The molecule has 3 aromatic heterocycles. The van der Waals surface area contributed by atoms with Gasteiger partial charge in [0.05, 0.1) is 11.7 Å². The van der Waals surface area contributed by atoms with Crippen LogP contribution in [0.4, 0.5) is 0 Å². The number of para-hydroxylation sites is 1. The minimum atomic E-state index is -0.646. The van der Waals surface area contributed by atoms with E-state index in [4.69, 9.17) is 0 Å². The van der Waals surface area contributed by atoms with Crippen LogP contribution in [-0.2, 0) is 16.1 Å². The predicted molar refractivity (Wildman–Crippen MR) is 288 cm³/mol. The first-order chi connectivity index (χ1) is 33.8. The summed E-state index contributed by atoms with van der Waals surface area (Å²) in [5.41, 5.74) is 11.1. The van der Waals surface area contributed by atoms with Crippen molar-refractivity contribution in [3.63, 3.8) is 0 Å². The summed E-state index contributed by atoms with van der Waals surface area (Å²) < 4.78 is 3.09. The molecule has 2 aliphatic rings. The Kier molecular flexibility index (Phi) is 24.4. The molecule has 12 heteroatoms. The van der Waals surface area contributed by atoms with E-state index in [0.29, 0.717) is 30.3 Å². The molecular formula is C59H78KN7O4-2. The average Bonchev–Trinajstić information content (AvgIpc) is 3.95. The van der Waals surface area contributed by atoms with Crippen molar-refractivity contribution in [2.24, 2.45) is 11.8 Å². The summed E-state index contributed by atoms with van der Waals surface area (Å²) >= 11 is 0. The van der Waals surface area contributed by atoms with Crippen molar-refractivity contribution >= 4 is 45.6 Å². The third-order valence-electron chi connectivity index (χ3n) is 13.6. The van der Waals surface area contributed by atoms with Crippen molar-refractivity contribution < 1.29 is 65.8 Å². The van der Waals surface area contributed by atoms with Crippen LogP contribution in [0.2, 0.25) is 0 Å². The van der Waals surface area contributed by atoms with Crippen molar-refractivity contribution in [2.45, 2.75) is 138 Å². The number of Topliss-reactive ketones (excluding diaryl/α,β-unsaturated/α-hetero) is 1. The largest absolute Gasteiger partial charge is 1.00 e. The number of imide groups is 1. The summed E-state index contributed by atoms with van der Waals surface area (Å²) in [7, 11) is 0. The Morgan fingerprint density at radius 1 is 0.930 bits per heavy atom. The van der Waals surface area contributed by atoms with Crippen LogP contribution in [0.3, 0.4) is 0 Å². The molecule has 5 heterocycles. The van der Waals surface area contributed by atoms with Crippen molar-refractivity contribution in [3.8, 4) is 11.1 Å². The van der Waals surface area contributed by atoms with Crippen LogP contribution in [-0.4, -0.2) is 66.4 Å². The molecule has 0 spiro atoms. The van der Waals surface area contributed by atoms with Crippen molar-refractivity contribution in [3.05, 3.63) is 144 Å². The van der Waals surface area contributed by atoms with E-state index in [1.165, 1.54) is 64.5 Å². The van der Waals surface area contributed by atoms with E-state index in [1.807, 2.05) is 57.4 Å². The molecule has 0 bridgehead atoms. The Balaban J connectivity index is 0.000000258. The number of rotatable bonds is 15. The molecule has 0 aliphatic carbocycles. The normalized spacial score (nSPS) is 15.7. The predicted octanol–water partition coefficient (Wildman–Crippen LogP) is 9.70. The van der Waals surface area contributed by atoms with Crippen LogP contribution in [0, 0.1) is 39.5 Å². The standard InChI is InChI=1S/C30H32N4O.C15H16N3O3.C12H24.C2H6.K/c1-20(19-34-14-11-25(12-15-34)24-6-4-23(5-7-24)22(3)35)16-29-21(2)31-13-10-28(29)26-8-9-30-27(17-26)18-32-33-30;1-3-17-13-9(2)5-4-6-10(13)18(15(17)21)11-7-8-12(19)16-14(11)20;1-5-8-12(9-6-2)10-11(4)7-3;1-2;/h4-10,13,16-18,25H,11-12,14-15,19H2,1-3H3,(H,32,33);4-6,11H,2-3,7-8H2,1H3,(H,16,19,20);11-12H,3-10H2,1-2H3;1-2H3;/q;-1;-2;;+1/b20-16+;;;;. The summed E-state index contributed by atoms with van der Waals surface area (Å²) in [4.78, 5) is 54.7. The van der Waals surface area contributed by atoms with E-state index in [2.05, 4.69) is 116 Å². The number of carbonyl (C=O) groups is 3. The Labute approximate surface area is 466 Å². The van der Waals surface area contributed by atoms with Crippen LogP contribution >= 0.6 is 0 Å². The molecular weight excluding hydrogens is 910 g/mol. The van der Waals surface area contributed by atoms with Gasteiger partial charge in [-0.05, 0) is 112 Å². The molecule has 2 N–H and O–H groups in total. The van der Waals surface area contributed by atoms with Crippen LogP contribution in [0.1, 0.15) is 157 Å². The van der Waals surface area contributed by atoms with E-state index in [9.17, 15) is 19.2 Å². The van der Waals surface area contributed by atoms with Crippen molar-refractivity contribution in [1.82, 2.24) is 34.5 Å². The maximum absolute atomic E-state index is 12.6. The fourth-order valence-electron chi connectivity index (χ4n) is 9.90. The number of ketones is 1. The first kappa shape index (κ1) is 59.1. The van der Waals surface area contributed by atoms with E-state index in [1.54, 1.807) is 17.6 Å².